The molecule has 0 bridgehead atoms. The topological polar surface area (TPSA) is 50.1 Å². The molecular formula is C25H26N4O2. The molecule has 0 spiro atoms. The summed E-state index contributed by atoms with van der Waals surface area (Å²) in [7, 11) is 1.42. The van der Waals surface area contributed by atoms with E-state index in [2.05, 4.69) is 57.5 Å². The lowest BCUT2D eigenvalue weighted by Crippen LogP contribution is -2.47. The minimum absolute atomic E-state index is 0.353. The molecule has 2 aromatic heterocycles. The molecule has 0 atom stereocenters. The van der Waals surface area contributed by atoms with E-state index >= 15 is 0 Å². The lowest BCUT2D eigenvalue weighted by molar-refractivity contribution is 0.0601. The number of pyridine rings is 1. The molecule has 0 N–H and O–H groups in total. The second-order valence-corrected chi connectivity index (χ2v) is 8.12. The molecule has 1 fully saturated rings. The van der Waals surface area contributed by atoms with Gasteiger partial charge in [-0.3, -0.25) is 4.40 Å². The molecule has 0 unspecified atom stereocenters. The minimum Gasteiger partial charge on any atom is -0.465 e. The van der Waals surface area contributed by atoms with Crippen molar-refractivity contribution in [2.45, 2.75) is 13.8 Å². The summed E-state index contributed by atoms with van der Waals surface area (Å²) in [4.78, 5) is 22.2. The van der Waals surface area contributed by atoms with Crippen molar-refractivity contribution in [1.82, 2.24) is 9.38 Å². The van der Waals surface area contributed by atoms with Gasteiger partial charge >= 0.3 is 5.97 Å². The Bertz CT molecular complexity index is 1270. The summed E-state index contributed by atoms with van der Waals surface area (Å²) in [6, 6.07) is 18.8. The number of fused-ring (bicyclic) bond motifs is 3. The Hall–Kier alpha value is -3.54. The number of nitrogens with zero attached hydrogens (tertiary/aromatic N) is 4. The number of para-hydroxylation sites is 2. The number of carbonyl (C=O) groups is 1. The van der Waals surface area contributed by atoms with Gasteiger partial charge in [0.05, 0.1) is 18.1 Å². The van der Waals surface area contributed by atoms with Gasteiger partial charge in [0.25, 0.3) is 0 Å². The van der Waals surface area contributed by atoms with Crippen LogP contribution in [0.1, 0.15) is 21.5 Å². The van der Waals surface area contributed by atoms with Gasteiger partial charge in [-0.15, -0.1) is 0 Å². The average molecular weight is 415 g/mol. The van der Waals surface area contributed by atoms with Crippen LogP contribution in [-0.4, -0.2) is 48.6 Å². The van der Waals surface area contributed by atoms with Gasteiger partial charge in [0.2, 0.25) is 0 Å². The van der Waals surface area contributed by atoms with Gasteiger partial charge in [-0.1, -0.05) is 29.8 Å². The third-order valence-corrected chi connectivity index (χ3v) is 6.15. The SMILES string of the molecule is COC(=O)c1c(C)cc(N2CCN(c3ccc(C)cc3)CC2)n2c1nc1ccccc12. The first-order valence-corrected chi connectivity index (χ1v) is 10.6. The van der Waals surface area contributed by atoms with E-state index in [9.17, 15) is 4.79 Å². The molecule has 1 saturated heterocycles. The molecule has 6 heteroatoms. The smallest absolute Gasteiger partial charge is 0.341 e. The van der Waals surface area contributed by atoms with E-state index in [1.54, 1.807) is 0 Å². The lowest BCUT2D eigenvalue weighted by Gasteiger charge is -2.37. The number of methoxy groups -OCH3 is 1. The zero-order chi connectivity index (χ0) is 21.5. The quantitative estimate of drug-likeness (QED) is 0.470. The fourth-order valence-corrected chi connectivity index (χ4v) is 4.47. The monoisotopic (exact) mass is 414 g/mol. The highest BCUT2D eigenvalue weighted by Crippen LogP contribution is 2.30. The minimum atomic E-state index is -0.353. The number of carbonyl (C=O) groups excluding carboxylic acids is 1. The molecule has 3 heterocycles. The van der Waals surface area contributed by atoms with E-state index < -0.39 is 0 Å². The van der Waals surface area contributed by atoms with E-state index in [0.717, 1.165) is 48.6 Å². The summed E-state index contributed by atoms with van der Waals surface area (Å²) < 4.78 is 7.17. The van der Waals surface area contributed by atoms with Gasteiger partial charge in [0.1, 0.15) is 11.4 Å². The number of piperazine rings is 1. The van der Waals surface area contributed by atoms with Crippen LogP contribution >= 0.6 is 0 Å². The van der Waals surface area contributed by atoms with Gasteiger partial charge in [-0.25, -0.2) is 9.78 Å². The number of esters is 1. The van der Waals surface area contributed by atoms with Crippen LogP contribution in [0.15, 0.2) is 54.6 Å². The largest absolute Gasteiger partial charge is 0.465 e. The highest BCUT2D eigenvalue weighted by molar-refractivity contribution is 6.00. The fraction of sp³-hybridized carbons (Fsp3) is 0.280. The van der Waals surface area contributed by atoms with E-state index in [1.807, 2.05) is 25.1 Å². The van der Waals surface area contributed by atoms with E-state index in [1.165, 1.54) is 18.4 Å². The van der Waals surface area contributed by atoms with E-state index in [-0.39, 0.29) is 5.97 Å². The Kier molecular flexibility index (Phi) is 4.77. The highest BCUT2D eigenvalue weighted by Gasteiger charge is 2.25. The summed E-state index contributed by atoms with van der Waals surface area (Å²) in [6.07, 6.45) is 0. The molecule has 4 aromatic rings. The van der Waals surface area contributed by atoms with Gasteiger partial charge in [-0.2, -0.15) is 0 Å². The maximum atomic E-state index is 12.5. The number of hydrogen-bond donors (Lipinski definition) is 0. The first-order chi connectivity index (χ1) is 15.1. The second kappa shape index (κ2) is 7.61. The summed E-state index contributed by atoms with van der Waals surface area (Å²) in [5.74, 6) is 0.714. The number of benzene rings is 2. The van der Waals surface area contributed by atoms with Crippen molar-refractivity contribution < 1.29 is 9.53 Å². The maximum Gasteiger partial charge on any atom is 0.341 e. The predicted molar refractivity (Wildman–Crippen MR) is 124 cm³/mol. The molecule has 2 aromatic carbocycles. The number of imidazole rings is 1. The van der Waals surface area contributed by atoms with Gasteiger partial charge in [0, 0.05) is 31.9 Å². The van der Waals surface area contributed by atoms with Crippen LogP contribution in [0, 0.1) is 13.8 Å². The average Bonchev–Trinajstić information content (AvgIpc) is 3.18. The second-order valence-electron chi connectivity index (χ2n) is 8.12. The molecule has 0 saturated carbocycles. The number of anilines is 2. The predicted octanol–water partition coefficient (Wildman–Crippen LogP) is 4.22. The zero-order valence-corrected chi connectivity index (χ0v) is 18.1. The maximum absolute atomic E-state index is 12.5. The van der Waals surface area contributed by atoms with Crippen LogP contribution in [-0.2, 0) is 4.74 Å². The van der Waals surface area contributed by atoms with Crippen molar-refractivity contribution >= 4 is 34.2 Å². The van der Waals surface area contributed by atoms with Crippen LogP contribution in [0.5, 0.6) is 0 Å². The summed E-state index contributed by atoms with van der Waals surface area (Å²) in [5, 5.41) is 0. The Morgan fingerprint density at radius 3 is 2.32 bits per heavy atom. The number of hydrogen-bond acceptors (Lipinski definition) is 5. The zero-order valence-electron chi connectivity index (χ0n) is 18.1. The summed E-state index contributed by atoms with van der Waals surface area (Å²) >= 11 is 0. The van der Waals surface area contributed by atoms with Crippen molar-refractivity contribution in [3.63, 3.8) is 0 Å². The normalized spacial score (nSPS) is 14.4. The van der Waals surface area contributed by atoms with Gasteiger partial charge in [-0.05, 0) is 49.7 Å². The molecule has 0 aliphatic carbocycles. The van der Waals surface area contributed by atoms with Crippen molar-refractivity contribution in [1.29, 1.82) is 0 Å². The molecular weight excluding hydrogens is 388 g/mol. The third kappa shape index (κ3) is 3.28. The Morgan fingerprint density at radius 2 is 1.61 bits per heavy atom. The van der Waals surface area contributed by atoms with Crippen molar-refractivity contribution in [2.24, 2.45) is 0 Å². The van der Waals surface area contributed by atoms with Crippen molar-refractivity contribution in [3.05, 3.63) is 71.3 Å². The Balaban J connectivity index is 1.56. The molecule has 0 radical (unpaired) electrons. The Labute approximate surface area is 181 Å². The molecule has 5 rings (SSSR count). The number of aromatic nitrogens is 2. The lowest BCUT2D eigenvalue weighted by atomic mass is 10.1. The molecule has 6 nitrogen and oxygen atoms in total. The van der Waals surface area contributed by atoms with Crippen molar-refractivity contribution in [2.75, 3.05) is 43.1 Å². The summed E-state index contributed by atoms with van der Waals surface area (Å²) in [6.45, 7) is 7.74. The number of ether oxygens (including phenoxy) is 1. The van der Waals surface area contributed by atoms with Gasteiger partial charge < -0.3 is 14.5 Å². The summed E-state index contributed by atoms with van der Waals surface area (Å²) in [5.41, 5.74) is 6.48. The van der Waals surface area contributed by atoms with Crippen LogP contribution in [0.2, 0.25) is 0 Å². The van der Waals surface area contributed by atoms with Crippen LogP contribution in [0.3, 0.4) is 0 Å². The number of rotatable bonds is 3. The molecule has 158 valence electrons. The first-order valence-electron chi connectivity index (χ1n) is 10.6. The van der Waals surface area contributed by atoms with E-state index in [4.69, 9.17) is 9.72 Å². The van der Waals surface area contributed by atoms with Crippen LogP contribution in [0.25, 0.3) is 16.7 Å². The molecule has 1 aliphatic rings. The first kappa shape index (κ1) is 19.4. The molecule has 31 heavy (non-hydrogen) atoms. The van der Waals surface area contributed by atoms with Crippen molar-refractivity contribution in [3.8, 4) is 0 Å². The third-order valence-electron chi connectivity index (χ3n) is 6.15. The van der Waals surface area contributed by atoms with Crippen LogP contribution < -0.4 is 9.80 Å². The molecule has 0 amide bonds. The standard InChI is InChI=1S/C25H26N4O2/c1-17-8-10-19(11-9-17)27-12-14-28(15-13-27)22-16-18(2)23(25(30)31-3)24-26-20-6-4-5-7-21(20)29(22)24/h4-11,16H,12-15H2,1-3H3. The van der Waals surface area contributed by atoms with Gasteiger partial charge in [0.15, 0.2) is 5.65 Å². The van der Waals surface area contributed by atoms with E-state index in [0.29, 0.717) is 11.2 Å². The number of aryl methyl sites for hydroxylation is 2. The van der Waals surface area contributed by atoms with Crippen LogP contribution in [0.4, 0.5) is 11.5 Å². The Morgan fingerprint density at radius 1 is 0.935 bits per heavy atom. The fourth-order valence-electron chi connectivity index (χ4n) is 4.47. The molecule has 1 aliphatic heterocycles. The highest BCUT2D eigenvalue weighted by atomic mass is 16.5.